The number of rotatable bonds is 8. The molecule has 1 atom stereocenters. The Bertz CT molecular complexity index is 1260. The predicted molar refractivity (Wildman–Crippen MR) is 132 cm³/mol. The fourth-order valence-corrected chi connectivity index (χ4v) is 4.07. The number of halogens is 1. The molecule has 180 valence electrons. The van der Waals surface area contributed by atoms with Crippen LogP contribution in [0.25, 0.3) is 0 Å². The fourth-order valence-electron chi connectivity index (χ4n) is 3.86. The van der Waals surface area contributed by atoms with Crippen molar-refractivity contribution in [2.45, 2.75) is 26.2 Å². The average molecular weight is 493 g/mol. The first kappa shape index (κ1) is 24.2. The quantitative estimate of drug-likeness (QED) is 0.417. The van der Waals surface area contributed by atoms with E-state index in [-0.39, 0.29) is 18.8 Å². The zero-order valence-electron chi connectivity index (χ0n) is 19.3. The van der Waals surface area contributed by atoms with E-state index in [0.717, 1.165) is 11.1 Å². The molecule has 0 radical (unpaired) electrons. The fraction of sp³-hybridized carbons (Fsp3) is 0.185. The van der Waals surface area contributed by atoms with Crippen LogP contribution in [0.1, 0.15) is 29.7 Å². The van der Waals surface area contributed by atoms with E-state index in [4.69, 9.17) is 25.8 Å². The minimum absolute atomic E-state index is 0.105. The van der Waals surface area contributed by atoms with Crippen molar-refractivity contribution in [3.63, 3.8) is 0 Å². The van der Waals surface area contributed by atoms with Gasteiger partial charge in [0, 0.05) is 16.3 Å². The zero-order valence-corrected chi connectivity index (χ0v) is 20.1. The van der Waals surface area contributed by atoms with Gasteiger partial charge < -0.3 is 24.8 Å². The molecule has 1 heterocycles. The highest BCUT2D eigenvalue weighted by Crippen LogP contribution is 2.39. The maximum Gasteiger partial charge on any atom is 0.338 e. The highest BCUT2D eigenvalue weighted by atomic mass is 35.5. The topological polar surface area (TPSA) is 85.9 Å². The Kier molecular flexibility index (Phi) is 7.57. The number of para-hydroxylation sites is 1. The number of ether oxygens (including phenoxy) is 3. The Morgan fingerprint density at radius 2 is 1.71 bits per heavy atom. The van der Waals surface area contributed by atoms with Crippen LogP contribution < -0.4 is 20.1 Å². The molecule has 0 saturated carbocycles. The molecule has 3 aromatic carbocycles. The molecule has 1 unspecified atom stereocenters. The minimum atomic E-state index is -0.809. The van der Waals surface area contributed by atoms with Crippen LogP contribution in [-0.4, -0.2) is 19.1 Å². The van der Waals surface area contributed by atoms with Gasteiger partial charge in [0.25, 0.3) is 0 Å². The Hall–Kier alpha value is -3.97. The van der Waals surface area contributed by atoms with Crippen LogP contribution in [-0.2, 0) is 22.7 Å². The molecule has 2 N–H and O–H groups in total. The van der Waals surface area contributed by atoms with Crippen LogP contribution in [0.4, 0.5) is 4.79 Å². The lowest BCUT2D eigenvalue weighted by atomic mass is 9.94. The molecule has 8 heteroatoms. The maximum absolute atomic E-state index is 13.2. The van der Waals surface area contributed by atoms with Gasteiger partial charge in [-0.1, -0.05) is 66.2 Å². The first-order chi connectivity index (χ1) is 17.0. The van der Waals surface area contributed by atoms with Gasteiger partial charge in [0.2, 0.25) is 0 Å². The number of allylic oxidation sites excluding steroid dienone is 1. The number of amides is 2. The van der Waals surface area contributed by atoms with E-state index in [0.29, 0.717) is 27.8 Å². The van der Waals surface area contributed by atoms with Crippen LogP contribution >= 0.6 is 11.6 Å². The van der Waals surface area contributed by atoms with Gasteiger partial charge in [0.15, 0.2) is 11.5 Å². The van der Waals surface area contributed by atoms with Crippen LogP contribution in [0.5, 0.6) is 11.5 Å². The molecule has 7 nitrogen and oxygen atoms in total. The molecule has 1 aliphatic rings. The summed E-state index contributed by atoms with van der Waals surface area (Å²) < 4.78 is 17.3. The Balaban J connectivity index is 1.65. The van der Waals surface area contributed by atoms with E-state index < -0.39 is 18.0 Å². The molecule has 0 bridgehead atoms. The molecular weight excluding hydrogens is 468 g/mol. The minimum Gasteiger partial charge on any atom is -0.493 e. The third-order valence-corrected chi connectivity index (χ3v) is 5.75. The SMILES string of the molecule is COc1cccc(C2NC(=O)NC(C)=C2C(=O)OCc2ccccc2)c1OCc1cccc(Cl)c1. The molecule has 35 heavy (non-hydrogen) atoms. The second kappa shape index (κ2) is 11.0. The van der Waals surface area contributed by atoms with Gasteiger partial charge in [-0.15, -0.1) is 0 Å². The lowest BCUT2D eigenvalue weighted by Gasteiger charge is -2.29. The lowest BCUT2D eigenvalue weighted by molar-refractivity contribution is -0.140. The number of hydrogen-bond donors (Lipinski definition) is 2. The highest BCUT2D eigenvalue weighted by molar-refractivity contribution is 6.30. The van der Waals surface area contributed by atoms with Gasteiger partial charge in [-0.2, -0.15) is 0 Å². The zero-order chi connectivity index (χ0) is 24.8. The summed E-state index contributed by atoms with van der Waals surface area (Å²) in [6.45, 7) is 1.98. The van der Waals surface area contributed by atoms with E-state index >= 15 is 0 Å². The molecular formula is C27H25ClN2O5. The third kappa shape index (κ3) is 5.75. The molecule has 3 aromatic rings. The summed E-state index contributed by atoms with van der Waals surface area (Å²) in [5.41, 5.74) is 2.96. The summed E-state index contributed by atoms with van der Waals surface area (Å²) in [6.07, 6.45) is 0. The van der Waals surface area contributed by atoms with Gasteiger partial charge in [0.05, 0.1) is 18.7 Å². The standard InChI is InChI=1S/C27H25ClN2O5/c1-17-23(26(31)35-15-18-8-4-3-5-9-18)24(30-27(32)29-17)21-12-7-13-22(33-2)25(21)34-16-19-10-6-11-20(28)14-19/h3-14,24H,15-16H2,1-2H3,(H2,29,30,32). The van der Waals surface area contributed by atoms with Gasteiger partial charge in [-0.3, -0.25) is 0 Å². The first-order valence-electron chi connectivity index (χ1n) is 11.0. The monoisotopic (exact) mass is 492 g/mol. The Labute approximate surface area is 208 Å². The summed E-state index contributed by atoms with van der Waals surface area (Å²) in [5, 5.41) is 6.08. The molecule has 1 aliphatic heterocycles. The first-order valence-corrected chi connectivity index (χ1v) is 11.4. The predicted octanol–water partition coefficient (Wildman–Crippen LogP) is 5.30. The van der Waals surface area contributed by atoms with Crippen LogP contribution in [0, 0.1) is 0 Å². The number of benzene rings is 3. The third-order valence-electron chi connectivity index (χ3n) is 5.51. The molecule has 0 saturated heterocycles. The van der Waals surface area contributed by atoms with Crippen molar-refractivity contribution in [3.8, 4) is 11.5 Å². The summed E-state index contributed by atoms with van der Waals surface area (Å²) in [7, 11) is 1.53. The second-order valence-electron chi connectivity index (χ2n) is 7.93. The smallest absolute Gasteiger partial charge is 0.338 e. The van der Waals surface area contributed by atoms with Gasteiger partial charge in [0.1, 0.15) is 13.2 Å². The molecule has 0 fully saturated rings. The summed E-state index contributed by atoms with van der Waals surface area (Å²) in [5.74, 6) is 0.322. The Morgan fingerprint density at radius 3 is 2.46 bits per heavy atom. The second-order valence-corrected chi connectivity index (χ2v) is 8.37. The van der Waals surface area contributed by atoms with Crippen molar-refractivity contribution in [1.82, 2.24) is 10.6 Å². The number of hydrogen-bond acceptors (Lipinski definition) is 5. The molecule has 0 aliphatic carbocycles. The average Bonchev–Trinajstić information content (AvgIpc) is 2.86. The normalized spacial score (nSPS) is 15.2. The molecule has 0 aromatic heterocycles. The summed E-state index contributed by atoms with van der Waals surface area (Å²) in [6, 6.07) is 20.8. The molecule has 2 amide bonds. The van der Waals surface area contributed by atoms with E-state index in [2.05, 4.69) is 10.6 Å². The number of carbonyl (C=O) groups is 2. The van der Waals surface area contributed by atoms with Crippen molar-refractivity contribution in [2.75, 3.05) is 7.11 Å². The van der Waals surface area contributed by atoms with E-state index in [9.17, 15) is 9.59 Å². The summed E-state index contributed by atoms with van der Waals surface area (Å²) in [4.78, 5) is 25.6. The lowest BCUT2D eigenvalue weighted by Crippen LogP contribution is -2.45. The largest absolute Gasteiger partial charge is 0.493 e. The van der Waals surface area contributed by atoms with Crippen molar-refractivity contribution >= 4 is 23.6 Å². The van der Waals surface area contributed by atoms with Crippen LogP contribution in [0.2, 0.25) is 5.02 Å². The number of nitrogens with one attached hydrogen (secondary N) is 2. The number of esters is 1. The van der Waals surface area contributed by atoms with Crippen molar-refractivity contribution < 1.29 is 23.8 Å². The molecule has 4 rings (SSSR count). The number of urea groups is 1. The van der Waals surface area contributed by atoms with Crippen LogP contribution in [0.15, 0.2) is 84.1 Å². The maximum atomic E-state index is 13.2. The van der Waals surface area contributed by atoms with Gasteiger partial charge in [-0.05, 0) is 36.2 Å². The highest BCUT2D eigenvalue weighted by Gasteiger charge is 2.35. The van der Waals surface area contributed by atoms with Crippen molar-refractivity contribution in [2.24, 2.45) is 0 Å². The number of carbonyl (C=O) groups excluding carboxylic acids is 2. The van der Waals surface area contributed by atoms with Crippen molar-refractivity contribution in [1.29, 1.82) is 0 Å². The van der Waals surface area contributed by atoms with Crippen LogP contribution in [0.3, 0.4) is 0 Å². The van der Waals surface area contributed by atoms with Gasteiger partial charge in [-0.25, -0.2) is 9.59 Å². The van der Waals surface area contributed by atoms with Gasteiger partial charge >= 0.3 is 12.0 Å². The Morgan fingerprint density at radius 1 is 0.971 bits per heavy atom. The molecule has 0 spiro atoms. The summed E-state index contributed by atoms with van der Waals surface area (Å²) >= 11 is 6.11. The number of methoxy groups -OCH3 is 1. The van der Waals surface area contributed by atoms with E-state index in [1.165, 1.54) is 7.11 Å². The van der Waals surface area contributed by atoms with E-state index in [1.54, 1.807) is 37.3 Å². The van der Waals surface area contributed by atoms with E-state index in [1.807, 2.05) is 42.5 Å². The van der Waals surface area contributed by atoms with Crippen molar-refractivity contribution in [3.05, 3.63) is 106 Å².